The maximum absolute atomic E-state index is 12.5. The number of amides is 2. The van der Waals surface area contributed by atoms with Crippen LogP contribution in [0.2, 0.25) is 0 Å². The van der Waals surface area contributed by atoms with Crippen LogP contribution in [-0.2, 0) is 6.54 Å². The Morgan fingerprint density at radius 1 is 1.32 bits per heavy atom. The molecule has 25 heavy (non-hydrogen) atoms. The molecular weight excluding hydrogens is 338 g/mol. The van der Waals surface area contributed by atoms with Gasteiger partial charge < -0.3 is 19.7 Å². The zero-order chi connectivity index (χ0) is 18.0. The molecular formula is C18H23N3O3S. The number of urea groups is 1. The van der Waals surface area contributed by atoms with Crippen molar-refractivity contribution in [1.29, 1.82) is 0 Å². The second-order valence-corrected chi connectivity index (χ2v) is 7.32. The van der Waals surface area contributed by atoms with Crippen molar-refractivity contribution in [3.8, 4) is 11.5 Å². The zero-order valence-corrected chi connectivity index (χ0v) is 15.8. The molecule has 2 amide bonds. The number of hydrogen-bond donors (Lipinski definition) is 1. The van der Waals surface area contributed by atoms with Crippen molar-refractivity contribution < 1.29 is 14.3 Å². The summed E-state index contributed by atoms with van der Waals surface area (Å²) in [5, 5.41) is 6.03. The average Bonchev–Trinajstić information content (AvgIpc) is 3.04. The molecule has 0 fully saturated rings. The maximum atomic E-state index is 12.5. The van der Waals surface area contributed by atoms with E-state index in [-0.39, 0.29) is 6.03 Å². The molecule has 0 radical (unpaired) electrons. The van der Waals surface area contributed by atoms with Crippen LogP contribution in [-0.4, -0.2) is 36.2 Å². The number of fused-ring (bicyclic) bond motifs is 1. The van der Waals surface area contributed by atoms with Crippen molar-refractivity contribution in [3.05, 3.63) is 33.8 Å². The zero-order valence-electron chi connectivity index (χ0n) is 15.0. The standard InChI is InChI=1S/C18H23N3O3S/c1-11(2)17-19-13(10-25-17)9-21(4)18(22)20-14-8-16-15(7-12(14)3)23-5-6-24-16/h7-8,10-11H,5-6,9H2,1-4H3,(H,20,22). The molecule has 1 aromatic carbocycles. The average molecular weight is 361 g/mol. The number of aromatic nitrogens is 1. The van der Waals surface area contributed by atoms with Gasteiger partial charge in [0.1, 0.15) is 13.2 Å². The maximum Gasteiger partial charge on any atom is 0.321 e. The first-order valence-electron chi connectivity index (χ1n) is 8.30. The van der Waals surface area contributed by atoms with Gasteiger partial charge in [-0.1, -0.05) is 13.8 Å². The summed E-state index contributed by atoms with van der Waals surface area (Å²) in [6.45, 7) is 7.70. The summed E-state index contributed by atoms with van der Waals surface area (Å²) in [5.41, 5.74) is 2.56. The Morgan fingerprint density at radius 3 is 2.64 bits per heavy atom. The van der Waals surface area contributed by atoms with E-state index in [4.69, 9.17) is 9.47 Å². The predicted molar refractivity (Wildman–Crippen MR) is 98.9 cm³/mol. The lowest BCUT2D eigenvalue weighted by Crippen LogP contribution is -2.31. The van der Waals surface area contributed by atoms with E-state index < -0.39 is 0 Å². The summed E-state index contributed by atoms with van der Waals surface area (Å²) < 4.78 is 11.1. The largest absolute Gasteiger partial charge is 0.486 e. The number of thiazole rings is 1. The fourth-order valence-electron chi connectivity index (χ4n) is 2.51. The second kappa shape index (κ2) is 7.31. The highest BCUT2D eigenvalue weighted by Crippen LogP contribution is 2.35. The molecule has 1 N–H and O–H groups in total. The van der Waals surface area contributed by atoms with Gasteiger partial charge in [-0.25, -0.2) is 9.78 Å². The summed E-state index contributed by atoms with van der Waals surface area (Å²) in [4.78, 5) is 18.7. The lowest BCUT2D eigenvalue weighted by Gasteiger charge is -2.22. The van der Waals surface area contributed by atoms with E-state index in [1.54, 1.807) is 23.3 Å². The van der Waals surface area contributed by atoms with Gasteiger partial charge in [0.25, 0.3) is 0 Å². The monoisotopic (exact) mass is 361 g/mol. The van der Waals surface area contributed by atoms with Gasteiger partial charge in [0.15, 0.2) is 11.5 Å². The third-order valence-corrected chi connectivity index (χ3v) is 5.13. The number of carbonyl (C=O) groups is 1. The van der Waals surface area contributed by atoms with Gasteiger partial charge in [-0.2, -0.15) is 0 Å². The molecule has 0 saturated carbocycles. The number of nitrogens with zero attached hydrogens (tertiary/aromatic N) is 2. The van der Waals surface area contributed by atoms with E-state index in [9.17, 15) is 4.79 Å². The third-order valence-electron chi connectivity index (χ3n) is 3.94. The Hall–Kier alpha value is -2.28. The molecule has 0 bridgehead atoms. The molecule has 0 aliphatic carbocycles. The third kappa shape index (κ3) is 4.04. The first-order chi connectivity index (χ1) is 11.9. The molecule has 1 aliphatic rings. The minimum atomic E-state index is -0.182. The van der Waals surface area contributed by atoms with Crippen LogP contribution in [0.1, 0.15) is 36.0 Å². The van der Waals surface area contributed by atoms with E-state index in [0.29, 0.717) is 31.4 Å². The van der Waals surface area contributed by atoms with Crippen molar-refractivity contribution >= 4 is 23.1 Å². The quantitative estimate of drug-likeness (QED) is 0.894. The normalized spacial score (nSPS) is 13.0. The number of anilines is 1. The minimum Gasteiger partial charge on any atom is -0.486 e. The molecule has 0 saturated heterocycles. The highest BCUT2D eigenvalue weighted by Gasteiger charge is 2.17. The highest BCUT2D eigenvalue weighted by molar-refractivity contribution is 7.09. The Kier molecular flexibility index (Phi) is 5.13. The summed E-state index contributed by atoms with van der Waals surface area (Å²) in [7, 11) is 1.76. The van der Waals surface area contributed by atoms with Gasteiger partial charge in [-0.05, 0) is 18.6 Å². The molecule has 134 valence electrons. The number of benzene rings is 1. The fourth-order valence-corrected chi connectivity index (χ4v) is 3.34. The van der Waals surface area contributed by atoms with Crippen molar-refractivity contribution in [1.82, 2.24) is 9.88 Å². The first kappa shape index (κ1) is 17.5. The van der Waals surface area contributed by atoms with Crippen molar-refractivity contribution in [3.63, 3.8) is 0 Å². The van der Waals surface area contributed by atoms with Gasteiger partial charge in [0, 0.05) is 30.1 Å². The van der Waals surface area contributed by atoms with Crippen molar-refractivity contribution in [2.45, 2.75) is 33.2 Å². The molecule has 6 nitrogen and oxygen atoms in total. The van der Waals surface area contributed by atoms with Crippen LogP contribution in [0.15, 0.2) is 17.5 Å². The van der Waals surface area contributed by atoms with Crippen LogP contribution >= 0.6 is 11.3 Å². The van der Waals surface area contributed by atoms with Gasteiger partial charge in [-0.15, -0.1) is 11.3 Å². The van der Waals surface area contributed by atoms with Crippen LogP contribution in [0.4, 0.5) is 10.5 Å². The summed E-state index contributed by atoms with van der Waals surface area (Å²) >= 11 is 1.63. The number of hydrogen-bond acceptors (Lipinski definition) is 5. The number of rotatable bonds is 4. The number of carbonyl (C=O) groups excluding carboxylic acids is 1. The topological polar surface area (TPSA) is 63.7 Å². The SMILES string of the molecule is Cc1cc2c(cc1NC(=O)N(C)Cc1csc(C(C)C)n1)OCCO2. The summed E-state index contributed by atoms with van der Waals surface area (Å²) in [6.07, 6.45) is 0. The molecule has 1 aromatic heterocycles. The molecule has 1 aliphatic heterocycles. The number of ether oxygens (including phenoxy) is 2. The molecule has 3 rings (SSSR count). The van der Waals surface area contributed by atoms with E-state index in [0.717, 1.165) is 27.7 Å². The van der Waals surface area contributed by atoms with E-state index >= 15 is 0 Å². The molecule has 0 atom stereocenters. The van der Waals surface area contributed by atoms with Crippen LogP contribution in [0.3, 0.4) is 0 Å². The van der Waals surface area contributed by atoms with Crippen molar-refractivity contribution in [2.24, 2.45) is 0 Å². The van der Waals surface area contributed by atoms with Gasteiger partial charge in [-0.3, -0.25) is 0 Å². The van der Waals surface area contributed by atoms with E-state index in [2.05, 4.69) is 24.1 Å². The minimum absolute atomic E-state index is 0.182. The number of nitrogens with one attached hydrogen (secondary N) is 1. The lowest BCUT2D eigenvalue weighted by atomic mass is 10.1. The molecule has 2 aromatic rings. The molecule has 2 heterocycles. The summed E-state index contributed by atoms with van der Waals surface area (Å²) in [6, 6.07) is 3.52. The van der Waals surface area contributed by atoms with Gasteiger partial charge in [0.05, 0.1) is 17.2 Å². The molecule has 0 spiro atoms. The Morgan fingerprint density at radius 2 is 2.00 bits per heavy atom. The van der Waals surface area contributed by atoms with E-state index in [1.807, 2.05) is 24.4 Å². The molecule has 0 unspecified atom stereocenters. The van der Waals surface area contributed by atoms with Crippen LogP contribution < -0.4 is 14.8 Å². The highest BCUT2D eigenvalue weighted by atomic mass is 32.1. The first-order valence-corrected chi connectivity index (χ1v) is 9.18. The predicted octanol–water partition coefficient (Wildman–Crippen LogP) is 4.01. The van der Waals surface area contributed by atoms with E-state index in [1.165, 1.54) is 0 Å². The summed E-state index contributed by atoms with van der Waals surface area (Å²) in [5.74, 6) is 1.79. The van der Waals surface area contributed by atoms with Gasteiger partial charge in [0.2, 0.25) is 0 Å². The molecule has 7 heteroatoms. The second-order valence-electron chi connectivity index (χ2n) is 6.43. The Labute approximate surface area is 151 Å². The fraction of sp³-hybridized carbons (Fsp3) is 0.444. The van der Waals surface area contributed by atoms with Crippen molar-refractivity contribution in [2.75, 3.05) is 25.6 Å². The lowest BCUT2D eigenvalue weighted by molar-refractivity contribution is 0.171. The van der Waals surface area contributed by atoms with Crippen LogP contribution in [0.5, 0.6) is 11.5 Å². The Bertz CT molecular complexity index is 773. The van der Waals surface area contributed by atoms with Crippen LogP contribution in [0, 0.1) is 6.92 Å². The smallest absolute Gasteiger partial charge is 0.321 e. The van der Waals surface area contributed by atoms with Gasteiger partial charge >= 0.3 is 6.03 Å². The van der Waals surface area contributed by atoms with Crippen LogP contribution in [0.25, 0.3) is 0 Å². The Balaban J connectivity index is 1.66. The number of aryl methyl sites for hydroxylation is 1.